The Bertz CT molecular complexity index is 1060. The third kappa shape index (κ3) is 8.54. The third-order valence-electron chi connectivity index (χ3n) is 5.74. The molecule has 0 saturated carbocycles. The fourth-order valence-corrected chi connectivity index (χ4v) is 4.08. The van der Waals surface area contributed by atoms with Crippen molar-refractivity contribution in [1.29, 1.82) is 0 Å². The number of hydrogen-bond donors (Lipinski definition) is 1. The molecule has 5 nitrogen and oxygen atoms in total. The lowest BCUT2D eigenvalue weighted by Crippen LogP contribution is -2.38. The predicted octanol–water partition coefficient (Wildman–Crippen LogP) is 5.80. The molecule has 35 heavy (non-hydrogen) atoms. The SMILES string of the molecule is C/C=C/C(=O)C(CC(c1ccccc1)c1ccccc1)NCCCc1cccc(OOC(C)=O)c1. The van der Waals surface area contributed by atoms with Gasteiger partial charge in [-0.3, -0.25) is 14.6 Å². The van der Waals surface area contributed by atoms with Crippen LogP contribution in [0, 0.1) is 0 Å². The number of benzene rings is 3. The molecule has 0 amide bonds. The predicted molar refractivity (Wildman–Crippen MR) is 138 cm³/mol. The second-order valence-corrected chi connectivity index (χ2v) is 8.43. The van der Waals surface area contributed by atoms with Crippen molar-refractivity contribution in [2.24, 2.45) is 0 Å². The largest absolute Gasteiger partial charge is 0.352 e. The Morgan fingerprint density at radius 1 is 0.914 bits per heavy atom. The Kier molecular flexibility index (Phi) is 10.3. The molecule has 3 aromatic carbocycles. The summed E-state index contributed by atoms with van der Waals surface area (Å²) in [5.74, 6) is 0.182. The lowest BCUT2D eigenvalue weighted by molar-refractivity contribution is -0.210. The van der Waals surface area contributed by atoms with Crippen LogP contribution < -0.4 is 10.2 Å². The van der Waals surface area contributed by atoms with Crippen LogP contribution in [-0.4, -0.2) is 24.3 Å². The maximum absolute atomic E-state index is 13.0. The molecule has 0 fully saturated rings. The van der Waals surface area contributed by atoms with E-state index in [2.05, 4.69) is 34.5 Å². The third-order valence-corrected chi connectivity index (χ3v) is 5.74. The highest BCUT2D eigenvalue weighted by atomic mass is 17.2. The van der Waals surface area contributed by atoms with Gasteiger partial charge in [-0.05, 0) is 67.6 Å². The summed E-state index contributed by atoms with van der Waals surface area (Å²) >= 11 is 0. The number of aryl methyl sites for hydroxylation is 1. The minimum absolute atomic E-state index is 0.0844. The molecule has 0 radical (unpaired) electrons. The monoisotopic (exact) mass is 471 g/mol. The average Bonchev–Trinajstić information content (AvgIpc) is 2.88. The van der Waals surface area contributed by atoms with Gasteiger partial charge < -0.3 is 5.32 Å². The minimum Gasteiger partial charge on any atom is -0.307 e. The summed E-state index contributed by atoms with van der Waals surface area (Å²) in [5, 5.41) is 3.50. The molecule has 0 aliphatic rings. The van der Waals surface area contributed by atoms with Gasteiger partial charge in [0.05, 0.1) is 6.04 Å². The van der Waals surface area contributed by atoms with Crippen LogP contribution in [0.15, 0.2) is 97.1 Å². The first kappa shape index (κ1) is 25.9. The maximum Gasteiger partial charge on any atom is 0.352 e. The summed E-state index contributed by atoms with van der Waals surface area (Å²) in [4.78, 5) is 33.5. The van der Waals surface area contributed by atoms with Crippen molar-refractivity contribution in [3.05, 3.63) is 114 Å². The first-order valence-corrected chi connectivity index (χ1v) is 12.0. The van der Waals surface area contributed by atoms with Crippen molar-refractivity contribution in [1.82, 2.24) is 5.32 Å². The van der Waals surface area contributed by atoms with E-state index < -0.39 is 5.97 Å². The van der Waals surface area contributed by atoms with Crippen LogP contribution in [0.25, 0.3) is 0 Å². The van der Waals surface area contributed by atoms with E-state index in [-0.39, 0.29) is 17.7 Å². The molecule has 0 aliphatic carbocycles. The van der Waals surface area contributed by atoms with Gasteiger partial charge in [0.1, 0.15) is 0 Å². The molecule has 0 bridgehead atoms. The normalized spacial score (nSPS) is 12.0. The molecule has 1 atom stereocenters. The van der Waals surface area contributed by atoms with Gasteiger partial charge in [0.2, 0.25) is 0 Å². The van der Waals surface area contributed by atoms with Crippen LogP contribution in [0.3, 0.4) is 0 Å². The van der Waals surface area contributed by atoms with E-state index in [9.17, 15) is 9.59 Å². The lowest BCUT2D eigenvalue weighted by atomic mass is 9.85. The average molecular weight is 472 g/mol. The topological polar surface area (TPSA) is 64.6 Å². The highest BCUT2D eigenvalue weighted by molar-refractivity contribution is 5.94. The van der Waals surface area contributed by atoms with Crippen LogP contribution in [0.5, 0.6) is 5.75 Å². The second-order valence-electron chi connectivity index (χ2n) is 8.43. The maximum atomic E-state index is 13.0. The Labute approximate surface area is 207 Å². The van der Waals surface area contributed by atoms with Crippen molar-refractivity contribution < 1.29 is 19.4 Å². The van der Waals surface area contributed by atoms with Gasteiger partial charge >= 0.3 is 5.97 Å². The molecule has 182 valence electrons. The molecule has 0 heterocycles. The number of allylic oxidation sites excluding steroid dienone is 1. The van der Waals surface area contributed by atoms with Crippen LogP contribution in [0.4, 0.5) is 0 Å². The molecule has 5 heteroatoms. The van der Waals surface area contributed by atoms with Crippen molar-refractivity contribution >= 4 is 11.8 Å². The number of nitrogens with one attached hydrogen (secondary N) is 1. The Balaban J connectivity index is 1.65. The van der Waals surface area contributed by atoms with E-state index in [1.165, 1.54) is 18.1 Å². The van der Waals surface area contributed by atoms with Crippen LogP contribution in [0.1, 0.15) is 49.3 Å². The summed E-state index contributed by atoms with van der Waals surface area (Å²) in [6, 6.07) is 27.9. The van der Waals surface area contributed by atoms with E-state index in [4.69, 9.17) is 4.89 Å². The van der Waals surface area contributed by atoms with Crippen LogP contribution >= 0.6 is 0 Å². The Morgan fingerprint density at radius 3 is 2.17 bits per heavy atom. The molecular formula is C30H33NO4. The summed E-state index contributed by atoms with van der Waals surface area (Å²) in [6.45, 7) is 3.85. The van der Waals surface area contributed by atoms with E-state index in [1.54, 1.807) is 18.2 Å². The first-order valence-electron chi connectivity index (χ1n) is 12.0. The van der Waals surface area contributed by atoms with E-state index in [0.29, 0.717) is 18.7 Å². The molecule has 3 rings (SSSR count). The summed E-state index contributed by atoms with van der Waals surface area (Å²) in [7, 11) is 0. The first-order chi connectivity index (χ1) is 17.1. The van der Waals surface area contributed by atoms with Crippen LogP contribution in [-0.2, 0) is 20.9 Å². The minimum atomic E-state index is -0.499. The highest BCUT2D eigenvalue weighted by Crippen LogP contribution is 2.29. The molecular weight excluding hydrogens is 438 g/mol. The molecule has 3 aromatic rings. The van der Waals surface area contributed by atoms with E-state index in [0.717, 1.165) is 18.4 Å². The highest BCUT2D eigenvalue weighted by Gasteiger charge is 2.23. The molecule has 1 unspecified atom stereocenters. The molecule has 0 aliphatic heterocycles. The van der Waals surface area contributed by atoms with Crippen molar-refractivity contribution in [3.8, 4) is 5.75 Å². The Hall–Kier alpha value is -3.70. The fourth-order valence-electron chi connectivity index (χ4n) is 4.08. The fraction of sp³-hybridized carbons (Fsp3) is 0.267. The zero-order chi connectivity index (χ0) is 24.9. The van der Waals surface area contributed by atoms with Gasteiger partial charge in [0.15, 0.2) is 11.5 Å². The number of ketones is 1. The van der Waals surface area contributed by atoms with Gasteiger partial charge in [-0.2, -0.15) is 0 Å². The number of carbonyl (C=O) groups is 2. The second kappa shape index (κ2) is 13.9. The number of carbonyl (C=O) groups excluding carboxylic acids is 2. The molecule has 0 saturated heterocycles. The Morgan fingerprint density at radius 2 is 1.57 bits per heavy atom. The van der Waals surface area contributed by atoms with Gasteiger partial charge in [-0.1, -0.05) is 78.9 Å². The van der Waals surface area contributed by atoms with Gasteiger partial charge in [-0.25, -0.2) is 4.79 Å². The number of hydrogen-bond acceptors (Lipinski definition) is 5. The number of rotatable bonds is 13. The molecule has 0 aromatic heterocycles. The zero-order valence-electron chi connectivity index (χ0n) is 20.4. The van der Waals surface area contributed by atoms with Crippen LogP contribution in [0.2, 0.25) is 0 Å². The quantitative estimate of drug-likeness (QED) is 0.148. The standard InChI is InChI=1S/C30H33NO4/c1-3-12-30(33)29(22-28(25-15-6-4-7-16-25)26-17-8-5-9-18-26)31-20-11-14-24-13-10-19-27(21-24)35-34-23(2)32/h3-10,12-13,15-19,21,28-29,31H,11,14,20,22H2,1-2H3/b12-3+. The molecule has 1 N–H and O–H groups in total. The van der Waals surface area contributed by atoms with Crippen molar-refractivity contribution in [2.75, 3.05) is 6.54 Å². The lowest BCUT2D eigenvalue weighted by Gasteiger charge is -2.24. The van der Waals surface area contributed by atoms with Crippen molar-refractivity contribution in [2.45, 2.75) is 45.1 Å². The summed E-state index contributed by atoms with van der Waals surface area (Å²) < 4.78 is 0. The van der Waals surface area contributed by atoms with Gasteiger partial charge in [0.25, 0.3) is 0 Å². The van der Waals surface area contributed by atoms with E-state index >= 15 is 0 Å². The summed E-state index contributed by atoms with van der Waals surface area (Å²) in [5.41, 5.74) is 3.46. The smallest absolute Gasteiger partial charge is 0.307 e. The van der Waals surface area contributed by atoms with Crippen molar-refractivity contribution in [3.63, 3.8) is 0 Å². The van der Waals surface area contributed by atoms with Gasteiger partial charge in [-0.15, -0.1) is 0 Å². The van der Waals surface area contributed by atoms with E-state index in [1.807, 2.05) is 61.5 Å². The molecule has 0 spiro atoms. The summed E-state index contributed by atoms with van der Waals surface area (Å²) in [6.07, 6.45) is 5.77. The van der Waals surface area contributed by atoms with Gasteiger partial charge in [0, 0.05) is 12.8 Å². The zero-order valence-corrected chi connectivity index (χ0v) is 20.4.